The summed E-state index contributed by atoms with van der Waals surface area (Å²) < 4.78 is 2.53. The SMILES string of the molecule is C[C@H](O)c1ccc(Sc2nnnn2C)c(Br)c1. The van der Waals surface area contributed by atoms with Gasteiger partial charge >= 0.3 is 0 Å². The Morgan fingerprint density at radius 1 is 1.47 bits per heavy atom. The van der Waals surface area contributed by atoms with Crippen LogP contribution in [0.2, 0.25) is 0 Å². The molecule has 5 nitrogen and oxygen atoms in total. The number of halogens is 1. The van der Waals surface area contributed by atoms with E-state index in [4.69, 9.17) is 0 Å². The topological polar surface area (TPSA) is 63.8 Å². The van der Waals surface area contributed by atoms with E-state index >= 15 is 0 Å². The second-order valence-corrected chi connectivity index (χ2v) is 5.42. The third-order valence-electron chi connectivity index (χ3n) is 2.22. The molecular weight excluding hydrogens is 304 g/mol. The van der Waals surface area contributed by atoms with Crippen molar-refractivity contribution in [3.8, 4) is 0 Å². The second kappa shape index (κ2) is 5.16. The number of hydrogen-bond acceptors (Lipinski definition) is 5. The van der Waals surface area contributed by atoms with Crippen LogP contribution in [0.1, 0.15) is 18.6 Å². The summed E-state index contributed by atoms with van der Waals surface area (Å²) in [5.41, 5.74) is 0.873. The number of nitrogens with zero attached hydrogens (tertiary/aromatic N) is 4. The first-order chi connectivity index (χ1) is 8.08. The number of aromatic nitrogens is 4. The van der Waals surface area contributed by atoms with Crippen molar-refractivity contribution in [3.63, 3.8) is 0 Å². The zero-order chi connectivity index (χ0) is 12.4. The molecule has 0 saturated heterocycles. The van der Waals surface area contributed by atoms with E-state index in [1.54, 1.807) is 18.7 Å². The molecule has 1 atom stereocenters. The average Bonchev–Trinajstić information content (AvgIpc) is 2.67. The maximum atomic E-state index is 9.48. The van der Waals surface area contributed by atoms with Gasteiger partial charge in [0, 0.05) is 16.4 Å². The Balaban J connectivity index is 2.26. The number of tetrazole rings is 1. The number of hydrogen-bond donors (Lipinski definition) is 1. The van der Waals surface area contributed by atoms with Crippen molar-refractivity contribution in [2.24, 2.45) is 7.05 Å². The van der Waals surface area contributed by atoms with Gasteiger partial charge in [-0.3, -0.25) is 0 Å². The third kappa shape index (κ3) is 2.85. The molecular formula is C10H11BrN4OS. The van der Waals surface area contributed by atoms with Crippen molar-refractivity contribution < 1.29 is 5.11 Å². The van der Waals surface area contributed by atoms with Crippen LogP contribution in [-0.2, 0) is 7.05 Å². The second-order valence-electron chi connectivity index (χ2n) is 3.55. The van der Waals surface area contributed by atoms with Crippen LogP contribution < -0.4 is 0 Å². The molecule has 2 rings (SSSR count). The molecule has 7 heteroatoms. The molecule has 90 valence electrons. The molecule has 1 heterocycles. The van der Waals surface area contributed by atoms with E-state index in [1.165, 1.54) is 11.8 Å². The Morgan fingerprint density at radius 2 is 2.24 bits per heavy atom. The van der Waals surface area contributed by atoms with Gasteiger partial charge in [-0.2, -0.15) is 0 Å². The molecule has 0 radical (unpaired) electrons. The van der Waals surface area contributed by atoms with Gasteiger partial charge in [0.1, 0.15) is 0 Å². The average molecular weight is 315 g/mol. The molecule has 2 aromatic rings. The Kier molecular flexibility index (Phi) is 3.80. The van der Waals surface area contributed by atoms with Crippen LogP contribution >= 0.6 is 27.7 Å². The highest BCUT2D eigenvalue weighted by atomic mass is 79.9. The van der Waals surface area contributed by atoms with E-state index in [9.17, 15) is 5.11 Å². The molecule has 0 aliphatic rings. The van der Waals surface area contributed by atoms with Crippen molar-refractivity contribution in [2.45, 2.75) is 23.1 Å². The fourth-order valence-corrected chi connectivity index (χ4v) is 2.64. The van der Waals surface area contributed by atoms with Crippen molar-refractivity contribution in [1.29, 1.82) is 0 Å². The van der Waals surface area contributed by atoms with Crippen LogP contribution in [0.3, 0.4) is 0 Å². The minimum absolute atomic E-state index is 0.471. The van der Waals surface area contributed by atoms with Crippen LogP contribution in [0.15, 0.2) is 32.7 Å². The number of aryl methyl sites for hydroxylation is 1. The lowest BCUT2D eigenvalue weighted by molar-refractivity contribution is 0.199. The zero-order valence-electron chi connectivity index (χ0n) is 9.33. The predicted molar refractivity (Wildman–Crippen MR) is 67.7 cm³/mol. The first-order valence-corrected chi connectivity index (χ1v) is 6.56. The van der Waals surface area contributed by atoms with Gasteiger partial charge in [0.15, 0.2) is 0 Å². The van der Waals surface area contributed by atoms with Crippen molar-refractivity contribution in [3.05, 3.63) is 28.2 Å². The molecule has 0 unspecified atom stereocenters. The van der Waals surface area contributed by atoms with Gasteiger partial charge in [-0.25, -0.2) is 4.68 Å². The Labute approximate surface area is 111 Å². The normalized spacial score (nSPS) is 12.7. The van der Waals surface area contributed by atoms with Gasteiger partial charge in [-0.15, -0.1) is 5.10 Å². The van der Waals surface area contributed by atoms with E-state index in [-0.39, 0.29) is 0 Å². The van der Waals surface area contributed by atoms with Gasteiger partial charge in [-0.05, 0) is 62.7 Å². The third-order valence-corrected chi connectivity index (χ3v) is 4.24. The Hall–Kier alpha value is -0.920. The molecule has 0 spiro atoms. The van der Waals surface area contributed by atoms with Crippen LogP contribution in [-0.4, -0.2) is 25.3 Å². The Bertz CT molecular complexity index is 529. The van der Waals surface area contributed by atoms with Crippen molar-refractivity contribution >= 4 is 27.7 Å². The maximum absolute atomic E-state index is 9.48. The van der Waals surface area contributed by atoms with E-state index in [0.717, 1.165) is 20.1 Å². The Morgan fingerprint density at radius 3 is 2.76 bits per heavy atom. The minimum Gasteiger partial charge on any atom is -0.389 e. The van der Waals surface area contributed by atoms with Gasteiger partial charge in [-0.1, -0.05) is 6.07 Å². The summed E-state index contributed by atoms with van der Waals surface area (Å²) in [4.78, 5) is 1.01. The van der Waals surface area contributed by atoms with Gasteiger partial charge < -0.3 is 5.11 Å². The van der Waals surface area contributed by atoms with E-state index in [1.807, 2.05) is 18.2 Å². The molecule has 1 aromatic heterocycles. The summed E-state index contributed by atoms with van der Waals surface area (Å²) in [6.45, 7) is 1.74. The highest BCUT2D eigenvalue weighted by Gasteiger charge is 2.10. The summed E-state index contributed by atoms with van der Waals surface area (Å²) in [6.07, 6.45) is -0.471. The zero-order valence-corrected chi connectivity index (χ0v) is 11.7. The van der Waals surface area contributed by atoms with Gasteiger partial charge in [0.25, 0.3) is 0 Å². The summed E-state index contributed by atoms with van der Waals surface area (Å²) in [6, 6.07) is 5.73. The molecule has 0 amide bonds. The number of aliphatic hydroxyl groups excluding tert-OH is 1. The number of rotatable bonds is 3. The van der Waals surface area contributed by atoms with Crippen molar-refractivity contribution in [1.82, 2.24) is 20.2 Å². The molecule has 0 bridgehead atoms. The lowest BCUT2D eigenvalue weighted by Gasteiger charge is -2.08. The highest BCUT2D eigenvalue weighted by molar-refractivity contribution is 9.10. The fourth-order valence-electron chi connectivity index (χ4n) is 1.27. The van der Waals surface area contributed by atoms with E-state index < -0.39 is 6.10 Å². The maximum Gasteiger partial charge on any atom is 0.213 e. The van der Waals surface area contributed by atoms with Crippen LogP contribution in [0, 0.1) is 0 Å². The lowest BCUT2D eigenvalue weighted by Crippen LogP contribution is -1.94. The first-order valence-electron chi connectivity index (χ1n) is 4.95. The summed E-state index contributed by atoms with van der Waals surface area (Å²) in [7, 11) is 1.79. The van der Waals surface area contributed by atoms with E-state index in [0.29, 0.717) is 0 Å². The number of aliphatic hydroxyl groups is 1. The quantitative estimate of drug-likeness (QED) is 0.940. The minimum atomic E-state index is -0.471. The molecule has 0 fully saturated rings. The summed E-state index contributed by atoms with van der Waals surface area (Å²) in [5, 5.41) is 21.4. The molecule has 0 aliphatic heterocycles. The van der Waals surface area contributed by atoms with Crippen molar-refractivity contribution in [2.75, 3.05) is 0 Å². The smallest absolute Gasteiger partial charge is 0.213 e. The lowest BCUT2D eigenvalue weighted by atomic mass is 10.1. The molecule has 1 N–H and O–H groups in total. The van der Waals surface area contributed by atoms with Crippen LogP contribution in [0.4, 0.5) is 0 Å². The van der Waals surface area contributed by atoms with Crippen LogP contribution in [0.5, 0.6) is 0 Å². The predicted octanol–water partition coefficient (Wildman–Crippen LogP) is 2.18. The highest BCUT2D eigenvalue weighted by Crippen LogP contribution is 2.33. The fraction of sp³-hybridized carbons (Fsp3) is 0.300. The molecule has 1 aromatic carbocycles. The van der Waals surface area contributed by atoms with Crippen LogP contribution in [0.25, 0.3) is 0 Å². The van der Waals surface area contributed by atoms with Gasteiger partial charge in [0.2, 0.25) is 5.16 Å². The molecule has 0 aliphatic carbocycles. The first kappa shape index (κ1) is 12.5. The van der Waals surface area contributed by atoms with E-state index in [2.05, 4.69) is 31.5 Å². The molecule has 0 saturated carbocycles. The van der Waals surface area contributed by atoms with Gasteiger partial charge in [0.05, 0.1) is 6.10 Å². The standard InChI is InChI=1S/C10H11BrN4OS/c1-6(16)7-3-4-9(8(11)5-7)17-10-12-13-14-15(10)2/h3-6,16H,1-2H3/t6-/m0/s1. The summed E-state index contributed by atoms with van der Waals surface area (Å²) >= 11 is 4.94. The largest absolute Gasteiger partial charge is 0.389 e. The monoisotopic (exact) mass is 314 g/mol. The molecule has 17 heavy (non-hydrogen) atoms. The number of benzene rings is 1. The summed E-state index contributed by atoms with van der Waals surface area (Å²) in [5.74, 6) is 0.